The third-order valence-corrected chi connectivity index (χ3v) is 5.10. The predicted octanol–water partition coefficient (Wildman–Crippen LogP) is 3.62. The second kappa shape index (κ2) is 6.93. The van der Waals surface area contributed by atoms with Gasteiger partial charge in [0.25, 0.3) is 11.8 Å². The van der Waals surface area contributed by atoms with Crippen LogP contribution in [0.25, 0.3) is 10.8 Å². The Bertz CT molecular complexity index is 1110. The first-order valence-corrected chi connectivity index (χ1v) is 9.19. The molecule has 0 fully saturated rings. The van der Waals surface area contributed by atoms with E-state index < -0.39 is 11.8 Å². The molecule has 28 heavy (non-hydrogen) atoms. The Morgan fingerprint density at radius 3 is 2.50 bits per heavy atom. The van der Waals surface area contributed by atoms with Crippen molar-refractivity contribution < 1.29 is 14.4 Å². The number of nitrogens with zero attached hydrogens (tertiary/aromatic N) is 1. The molecule has 1 unspecified atom stereocenters. The van der Waals surface area contributed by atoms with Gasteiger partial charge in [0.15, 0.2) is 0 Å². The first-order chi connectivity index (χ1) is 13.5. The lowest BCUT2D eigenvalue weighted by Gasteiger charge is -2.19. The highest BCUT2D eigenvalue weighted by atomic mass is 16.2. The normalized spacial score (nSPS) is 14.3. The first kappa shape index (κ1) is 17.9. The van der Waals surface area contributed by atoms with Crippen molar-refractivity contribution in [3.63, 3.8) is 0 Å². The van der Waals surface area contributed by atoms with E-state index in [2.05, 4.69) is 5.32 Å². The maximum absolute atomic E-state index is 12.6. The largest absolute Gasteiger partial charge is 0.348 e. The van der Waals surface area contributed by atoms with Crippen LogP contribution in [0.5, 0.6) is 0 Å². The van der Waals surface area contributed by atoms with Crippen LogP contribution in [0.3, 0.4) is 0 Å². The lowest BCUT2D eigenvalue weighted by atomic mass is 10.00. The summed E-state index contributed by atoms with van der Waals surface area (Å²) in [4.78, 5) is 38.6. The van der Waals surface area contributed by atoms with E-state index in [1.54, 1.807) is 18.2 Å². The molecule has 3 aromatic rings. The van der Waals surface area contributed by atoms with E-state index >= 15 is 0 Å². The Hall–Kier alpha value is -3.47. The minimum Gasteiger partial charge on any atom is -0.348 e. The summed E-state index contributed by atoms with van der Waals surface area (Å²) in [5, 5.41) is 5.07. The highest BCUT2D eigenvalue weighted by molar-refractivity contribution is 6.22. The number of rotatable bonds is 4. The standard InChI is InChI=1S/C23H20N2O3/c1-14-10-11-19-20(12-14)23(28)25(22(19)27)13-21(26)24-15(2)17-9-5-7-16-6-3-4-8-18(16)17/h3-12,15H,13H2,1-2H3,(H,24,26). The minimum atomic E-state index is -0.423. The van der Waals surface area contributed by atoms with Gasteiger partial charge in [-0.2, -0.15) is 0 Å². The van der Waals surface area contributed by atoms with Gasteiger partial charge in [0, 0.05) is 0 Å². The summed E-state index contributed by atoms with van der Waals surface area (Å²) < 4.78 is 0. The number of imide groups is 1. The number of benzene rings is 3. The van der Waals surface area contributed by atoms with Gasteiger partial charge < -0.3 is 5.32 Å². The number of fused-ring (bicyclic) bond motifs is 2. The van der Waals surface area contributed by atoms with E-state index in [0.29, 0.717) is 11.1 Å². The molecule has 1 atom stereocenters. The summed E-state index contributed by atoms with van der Waals surface area (Å²) in [5.74, 6) is -1.21. The van der Waals surface area contributed by atoms with Crippen LogP contribution in [0.4, 0.5) is 0 Å². The Kier molecular flexibility index (Phi) is 4.43. The summed E-state index contributed by atoms with van der Waals surface area (Å²) in [6, 6.07) is 18.8. The molecule has 0 aliphatic carbocycles. The van der Waals surface area contributed by atoms with Gasteiger partial charge >= 0.3 is 0 Å². The second-order valence-corrected chi connectivity index (χ2v) is 7.10. The molecule has 0 bridgehead atoms. The van der Waals surface area contributed by atoms with E-state index in [1.807, 2.05) is 56.3 Å². The van der Waals surface area contributed by atoms with Crippen molar-refractivity contribution >= 4 is 28.5 Å². The molecule has 1 N–H and O–H groups in total. The van der Waals surface area contributed by atoms with Crippen molar-refractivity contribution in [2.75, 3.05) is 6.54 Å². The number of amides is 3. The topological polar surface area (TPSA) is 66.5 Å². The summed E-state index contributed by atoms with van der Waals surface area (Å²) in [6.07, 6.45) is 0. The molecule has 140 valence electrons. The van der Waals surface area contributed by atoms with Crippen molar-refractivity contribution in [3.05, 3.63) is 82.9 Å². The minimum absolute atomic E-state index is 0.254. The smallest absolute Gasteiger partial charge is 0.262 e. The number of aryl methyl sites for hydroxylation is 1. The molecular weight excluding hydrogens is 352 g/mol. The number of hydrogen-bond acceptors (Lipinski definition) is 3. The van der Waals surface area contributed by atoms with Crippen molar-refractivity contribution in [1.29, 1.82) is 0 Å². The zero-order valence-corrected chi connectivity index (χ0v) is 15.7. The van der Waals surface area contributed by atoms with Gasteiger partial charge in [-0.25, -0.2) is 0 Å². The van der Waals surface area contributed by atoms with Gasteiger partial charge in [0.1, 0.15) is 6.54 Å². The van der Waals surface area contributed by atoms with Gasteiger partial charge in [-0.1, -0.05) is 54.1 Å². The molecule has 3 aromatic carbocycles. The van der Waals surface area contributed by atoms with Crippen LogP contribution in [0.2, 0.25) is 0 Å². The van der Waals surface area contributed by atoms with Crippen molar-refractivity contribution in [2.24, 2.45) is 0 Å². The summed E-state index contributed by atoms with van der Waals surface area (Å²) in [7, 11) is 0. The molecular formula is C23H20N2O3. The van der Waals surface area contributed by atoms with E-state index in [-0.39, 0.29) is 18.5 Å². The fraction of sp³-hybridized carbons (Fsp3) is 0.174. The summed E-state index contributed by atoms with van der Waals surface area (Å²) in [5.41, 5.74) is 2.60. The number of carbonyl (C=O) groups excluding carboxylic acids is 3. The van der Waals surface area contributed by atoms with Crippen LogP contribution < -0.4 is 5.32 Å². The molecule has 0 radical (unpaired) electrons. The maximum atomic E-state index is 12.6. The second-order valence-electron chi connectivity index (χ2n) is 7.10. The van der Waals surface area contributed by atoms with Crippen LogP contribution >= 0.6 is 0 Å². The van der Waals surface area contributed by atoms with E-state index in [0.717, 1.165) is 26.8 Å². The average Bonchev–Trinajstić information content (AvgIpc) is 2.91. The van der Waals surface area contributed by atoms with Gasteiger partial charge in [0.05, 0.1) is 17.2 Å². The van der Waals surface area contributed by atoms with E-state index in [4.69, 9.17) is 0 Å². The first-order valence-electron chi connectivity index (χ1n) is 9.19. The Balaban J connectivity index is 1.50. The molecule has 5 heteroatoms. The quantitative estimate of drug-likeness (QED) is 0.712. The Labute approximate surface area is 163 Å². The maximum Gasteiger partial charge on any atom is 0.262 e. The van der Waals surface area contributed by atoms with Crippen molar-refractivity contribution in [1.82, 2.24) is 10.2 Å². The van der Waals surface area contributed by atoms with Gasteiger partial charge in [-0.3, -0.25) is 19.3 Å². The molecule has 4 rings (SSSR count). The van der Waals surface area contributed by atoms with E-state index in [9.17, 15) is 14.4 Å². The summed E-state index contributed by atoms with van der Waals surface area (Å²) in [6.45, 7) is 3.46. The molecule has 5 nitrogen and oxygen atoms in total. The zero-order valence-electron chi connectivity index (χ0n) is 15.7. The zero-order chi connectivity index (χ0) is 19.8. The number of nitrogens with one attached hydrogen (secondary N) is 1. The van der Waals surface area contributed by atoms with Crippen molar-refractivity contribution in [3.8, 4) is 0 Å². The lowest BCUT2D eigenvalue weighted by molar-refractivity contribution is -0.122. The van der Waals surface area contributed by atoms with Crippen LogP contribution in [0, 0.1) is 6.92 Å². The number of hydrogen-bond donors (Lipinski definition) is 1. The number of carbonyl (C=O) groups is 3. The Morgan fingerprint density at radius 1 is 0.964 bits per heavy atom. The average molecular weight is 372 g/mol. The Morgan fingerprint density at radius 2 is 1.68 bits per heavy atom. The fourth-order valence-electron chi connectivity index (χ4n) is 3.68. The molecule has 1 aliphatic heterocycles. The molecule has 3 amide bonds. The summed E-state index contributed by atoms with van der Waals surface area (Å²) >= 11 is 0. The third-order valence-electron chi connectivity index (χ3n) is 5.10. The molecule has 1 aliphatic rings. The highest BCUT2D eigenvalue weighted by Gasteiger charge is 2.36. The molecule has 0 saturated heterocycles. The van der Waals surface area contributed by atoms with Crippen LogP contribution in [-0.2, 0) is 4.79 Å². The van der Waals surface area contributed by atoms with Gasteiger partial charge in [-0.05, 0) is 42.3 Å². The monoisotopic (exact) mass is 372 g/mol. The van der Waals surface area contributed by atoms with Gasteiger partial charge in [0.2, 0.25) is 5.91 Å². The highest BCUT2D eigenvalue weighted by Crippen LogP contribution is 2.25. The van der Waals surface area contributed by atoms with E-state index in [1.165, 1.54) is 0 Å². The molecule has 0 aromatic heterocycles. The molecule has 1 heterocycles. The fourth-order valence-corrected chi connectivity index (χ4v) is 3.68. The predicted molar refractivity (Wildman–Crippen MR) is 107 cm³/mol. The SMILES string of the molecule is Cc1ccc2c(c1)C(=O)N(CC(=O)NC(C)c1cccc3ccccc13)C2=O. The third kappa shape index (κ3) is 3.05. The van der Waals surface area contributed by atoms with Crippen LogP contribution in [0.1, 0.15) is 44.8 Å². The van der Waals surface area contributed by atoms with Crippen LogP contribution in [-0.4, -0.2) is 29.2 Å². The van der Waals surface area contributed by atoms with Crippen LogP contribution in [0.15, 0.2) is 60.7 Å². The molecule has 0 spiro atoms. The van der Waals surface area contributed by atoms with Crippen molar-refractivity contribution in [2.45, 2.75) is 19.9 Å². The molecule has 0 saturated carbocycles. The lowest BCUT2D eigenvalue weighted by Crippen LogP contribution is -2.41. The van der Waals surface area contributed by atoms with Gasteiger partial charge in [-0.15, -0.1) is 0 Å².